The number of nitro groups is 1. The molecular formula is C19H18N4O5S. The maximum atomic E-state index is 12.5. The minimum atomic E-state index is -0.438. The van der Waals surface area contributed by atoms with Crippen molar-refractivity contribution in [2.24, 2.45) is 0 Å². The Labute approximate surface area is 169 Å². The molecule has 0 atom stereocenters. The van der Waals surface area contributed by atoms with E-state index in [0.29, 0.717) is 40.7 Å². The van der Waals surface area contributed by atoms with E-state index >= 15 is 0 Å². The lowest BCUT2D eigenvalue weighted by atomic mass is 10.1. The van der Waals surface area contributed by atoms with E-state index in [1.54, 1.807) is 24.4 Å². The first-order chi connectivity index (χ1) is 13.9. The number of thiazole rings is 1. The number of carbonyl (C=O) groups is 1. The fourth-order valence-corrected chi connectivity index (χ4v) is 3.34. The smallest absolute Gasteiger partial charge is 0.272 e. The first kappa shape index (κ1) is 20.4. The van der Waals surface area contributed by atoms with Crippen LogP contribution in [0.5, 0.6) is 0 Å². The molecule has 0 saturated carbocycles. The highest BCUT2D eigenvalue weighted by Gasteiger charge is 2.15. The summed E-state index contributed by atoms with van der Waals surface area (Å²) < 4.78 is 6.36. The standard InChI is InChI=1S/C19H18N4O5S/c1-12-3-4-13(9-16(12)23(26)27)15-11-29-19(20-15)21-18(25)14-5-6-17(24)22(10-14)7-8-28-2/h3-6,9-11H,7-8H2,1-2H3,(H,20,21,25). The van der Waals surface area contributed by atoms with Crippen LogP contribution in [0.2, 0.25) is 0 Å². The predicted octanol–water partition coefficient (Wildman–Crippen LogP) is 3.09. The number of hydrogen-bond acceptors (Lipinski definition) is 7. The number of nitro benzene ring substituents is 1. The van der Waals surface area contributed by atoms with Crippen molar-refractivity contribution in [2.75, 3.05) is 19.0 Å². The van der Waals surface area contributed by atoms with Gasteiger partial charge in [0.15, 0.2) is 5.13 Å². The molecule has 150 valence electrons. The van der Waals surface area contributed by atoms with E-state index in [2.05, 4.69) is 10.3 Å². The zero-order valence-electron chi connectivity index (χ0n) is 15.7. The molecule has 3 rings (SSSR count). The molecular weight excluding hydrogens is 396 g/mol. The van der Waals surface area contributed by atoms with Crippen LogP contribution in [0.1, 0.15) is 15.9 Å². The molecule has 1 N–H and O–H groups in total. The van der Waals surface area contributed by atoms with Gasteiger partial charge >= 0.3 is 0 Å². The molecule has 1 amide bonds. The molecule has 10 heteroatoms. The molecule has 0 aliphatic carbocycles. The van der Waals surface area contributed by atoms with Gasteiger partial charge in [0.05, 0.1) is 22.8 Å². The second-order valence-corrected chi connectivity index (χ2v) is 7.05. The van der Waals surface area contributed by atoms with E-state index in [1.165, 1.54) is 47.4 Å². The number of anilines is 1. The van der Waals surface area contributed by atoms with Gasteiger partial charge < -0.3 is 9.30 Å². The lowest BCUT2D eigenvalue weighted by molar-refractivity contribution is -0.385. The quantitative estimate of drug-likeness (QED) is 0.469. The topological polar surface area (TPSA) is 116 Å². The number of rotatable bonds is 7. The SMILES string of the molecule is COCCn1cc(C(=O)Nc2nc(-c3ccc(C)c([N+](=O)[O-])c3)cs2)ccc1=O. The summed E-state index contributed by atoms with van der Waals surface area (Å²) in [5.41, 5.74) is 1.77. The highest BCUT2D eigenvalue weighted by atomic mass is 32.1. The lowest BCUT2D eigenvalue weighted by Crippen LogP contribution is -2.23. The van der Waals surface area contributed by atoms with Crippen LogP contribution in [0.4, 0.5) is 10.8 Å². The Kier molecular flexibility index (Phi) is 6.15. The average molecular weight is 414 g/mol. The molecule has 0 fully saturated rings. The number of benzene rings is 1. The number of nitrogens with one attached hydrogen (secondary N) is 1. The summed E-state index contributed by atoms with van der Waals surface area (Å²) in [4.78, 5) is 39.4. The minimum Gasteiger partial charge on any atom is -0.383 e. The second-order valence-electron chi connectivity index (χ2n) is 6.19. The summed E-state index contributed by atoms with van der Waals surface area (Å²) in [6.07, 6.45) is 1.47. The summed E-state index contributed by atoms with van der Waals surface area (Å²) in [5, 5.41) is 15.9. The number of amides is 1. The second kappa shape index (κ2) is 8.76. The molecule has 0 radical (unpaired) electrons. The van der Waals surface area contributed by atoms with E-state index in [0.717, 1.165) is 0 Å². The third-order valence-corrected chi connectivity index (χ3v) is 4.97. The Morgan fingerprint density at radius 3 is 2.86 bits per heavy atom. The van der Waals surface area contributed by atoms with Crippen molar-refractivity contribution in [2.45, 2.75) is 13.5 Å². The van der Waals surface area contributed by atoms with Gasteiger partial charge in [-0.15, -0.1) is 11.3 Å². The molecule has 2 heterocycles. The molecule has 0 aliphatic rings. The number of aryl methyl sites for hydroxylation is 1. The summed E-state index contributed by atoms with van der Waals surface area (Å²) in [7, 11) is 1.53. The number of pyridine rings is 1. The van der Waals surface area contributed by atoms with Crippen molar-refractivity contribution < 1.29 is 14.5 Å². The van der Waals surface area contributed by atoms with Gasteiger partial charge in [-0.1, -0.05) is 12.1 Å². The van der Waals surface area contributed by atoms with Crippen molar-refractivity contribution in [3.8, 4) is 11.3 Å². The molecule has 0 spiro atoms. The number of nitrogens with zero attached hydrogens (tertiary/aromatic N) is 3. The molecule has 3 aromatic rings. The van der Waals surface area contributed by atoms with Crippen molar-refractivity contribution in [1.82, 2.24) is 9.55 Å². The predicted molar refractivity (Wildman–Crippen MR) is 109 cm³/mol. The Morgan fingerprint density at radius 2 is 2.14 bits per heavy atom. The van der Waals surface area contributed by atoms with Gasteiger partial charge in [-0.05, 0) is 13.0 Å². The summed E-state index contributed by atoms with van der Waals surface area (Å²) in [6, 6.07) is 7.63. The molecule has 0 saturated heterocycles. The highest BCUT2D eigenvalue weighted by molar-refractivity contribution is 7.14. The lowest BCUT2D eigenvalue weighted by Gasteiger charge is -2.07. The molecule has 1 aromatic carbocycles. The average Bonchev–Trinajstić information content (AvgIpc) is 3.15. The monoisotopic (exact) mass is 414 g/mol. The fraction of sp³-hybridized carbons (Fsp3) is 0.211. The van der Waals surface area contributed by atoms with Crippen LogP contribution in [0, 0.1) is 17.0 Å². The number of methoxy groups -OCH3 is 1. The largest absolute Gasteiger partial charge is 0.383 e. The number of ether oxygens (including phenoxy) is 1. The number of hydrogen-bond donors (Lipinski definition) is 1. The van der Waals surface area contributed by atoms with Gasteiger partial charge in [0.25, 0.3) is 17.2 Å². The van der Waals surface area contributed by atoms with Crippen LogP contribution >= 0.6 is 11.3 Å². The highest BCUT2D eigenvalue weighted by Crippen LogP contribution is 2.29. The molecule has 0 aliphatic heterocycles. The van der Waals surface area contributed by atoms with Gasteiger partial charge in [-0.3, -0.25) is 25.0 Å². The number of carbonyl (C=O) groups excluding carboxylic acids is 1. The Balaban J connectivity index is 1.78. The van der Waals surface area contributed by atoms with Crippen LogP contribution in [-0.4, -0.2) is 34.1 Å². The third-order valence-electron chi connectivity index (χ3n) is 4.21. The third kappa shape index (κ3) is 4.73. The molecule has 2 aromatic heterocycles. The zero-order chi connectivity index (χ0) is 21.0. The van der Waals surface area contributed by atoms with Gasteiger partial charge in [0.2, 0.25) is 0 Å². The molecule has 0 bridgehead atoms. The normalized spacial score (nSPS) is 10.7. The summed E-state index contributed by atoms with van der Waals surface area (Å²) in [6.45, 7) is 2.36. The van der Waals surface area contributed by atoms with Gasteiger partial charge in [0, 0.05) is 48.5 Å². The van der Waals surface area contributed by atoms with Gasteiger partial charge in [-0.25, -0.2) is 4.98 Å². The van der Waals surface area contributed by atoms with Crippen LogP contribution in [0.3, 0.4) is 0 Å². The zero-order valence-corrected chi connectivity index (χ0v) is 16.6. The van der Waals surface area contributed by atoms with E-state index in [-0.39, 0.29) is 11.2 Å². The molecule has 29 heavy (non-hydrogen) atoms. The van der Waals surface area contributed by atoms with Crippen LogP contribution in [0.25, 0.3) is 11.3 Å². The minimum absolute atomic E-state index is 0.0133. The number of aromatic nitrogens is 2. The first-order valence-electron chi connectivity index (χ1n) is 8.61. The Morgan fingerprint density at radius 1 is 1.34 bits per heavy atom. The fourth-order valence-electron chi connectivity index (χ4n) is 2.63. The van der Waals surface area contributed by atoms with Crippen LogP contribution in [0.15, 0.2) is 46.7 Å². The van der Waals surface area contributed by atoms with Crippen LogP contribution < -0.4 is 10.9 Å². The maximum absolute atomic E-state index is 12.5. The summed E-state index contributed by atoms with van der Waals surface area (Å²) in [5.74, 6) is -0.410. The van der Waals surface area contributed by atoms with Gasteiger partial charge in [-0.2, -0.15) is 0 Å². The van der Waals surface area contributed by atoms with E-state index in [4.69, 9.17) is 4.74 Å². The van der Waals surface area contributed by atoms with Crippen molar-refractivity contribution in [3.05, 3.63) is 73.5 Å². The maximum Gasteiger partial charge on any atom is 0.272 e. The molecule has 0 unspecified atom stereocenters. The van der Waals surface area contributed by atoms with E-state index in [1.807, 2.05) is 0 Å². The summed E-state index contributed by atoms with van der Waals surface area (Å²) >= 11 is 1.21. The van der Waals surface area contributed by atoms with Crippen molar-refractivity contribution in [1.29, 1.82) is 0 Å². The first-order valence-corrected chi connectivity index (χ1v) is 9.48. The van der Waals surface area contributed by atoms with Crippen LogP contribution in [-0.2, 0) is 11.3 Å². The van der Waals surface area contributed by atoms with Crippen molar-refractivity contribution >= 4 is 28.1 Å². The molecule has 9 nitrogen and oxygen atoms in total. The van der Waals surface area contributed by atoms with Crippen molar-refractivity contribution in [3.63, 3.8) is 0 Å². The van der Waals surface area contributed by atoms with E-state index < -0.39 is 10.8 Å². The van der Waals surface area contributed by atoms with Gasteiger partial charge in [0.1, 0.15) is 0 Å². The van der Waals surface area contributed by atoms with E-state index in [9.17, 15) is 19.7 Å². The Hall–Kier alpha value is -3.37. The Bertz CT molecular complexity index is 1120.